The van der Waals surface area contributed by atoms with Crippen LogP contribution in [-0.4, -0.2) is 19.0 Å². The van der Waals surface area contributed by atoms with Gasteiger partial charge in [-0.25, -0.2) is 4.39 Å². The standard InChI is InChI=1S/C18H18BrFN2O/c19-14-6-4-13(5-7-14)18(23)21-16-12-15(20)8-9-17(16)22-10-2-1-3-11-22/h4-9,12H,1-3,10-11H2,(H,21,23). The summed E-state index contributed by atoms with van der Waals surface area (Å²) in [6.45, 7) is 1.87. The van der Waals surface area contributed by atoms with E-state index in [1.165, 1.54) is 18.6 Å². The van der Waals surface area contributed by atoms with E-state index in [9.17, 15) is 9.18 Å². The van der Waals surface area contributed by atoms with Crippen molar-refractivity contribution in [3.63, 3.8) is 0 Å². The molecule has 3 rings (SSSR count). The fraction of sp³-hybridized carbons (Fsp3) is 0.278. The van der Waals surface area contributed by atoms with Crippen LogP contribution in [0.2, 0.25) is 0 Å². The molecule has 0 aromatic heterocycles. The van der Waals surface area contributed by atoms with Gasteiger partial charge in [0.2, 0.25) is 0 Å². The van der Waals surface area contributed by atoms with Gasteiger partial charge in [0.15, 0.2) is 0 Å². The Hall–Kier alpha value is -1.88. The van der Waals surface area contributed by atoms with E-state index in [0.29, 0.717) is 11.3 Å². The van der Waals surface area contributed by atoms with Gasteiger partial charge in [0.05, 0.1) is 11.4 Å². The van der Waals surface area contributed by atoms with Gasteiger partial charge in [-0.3, -0.25) is 4.79 Å². The van der Waals surface area contributed by atoms with Crippen LogP contribution < -0.4 is 10.2 Å². The fourth-order valence-electron chi connectivity index (χ4n) is 2.81. The van der Waals surface area contributed by atoms with E-state index in [1.54, 1.807) is 18.2 Å². The molecule has 1 amide bonds. The van der Waals surface area contributed by atoms with E-state index in [1.807, 2.05) is 12.1 Å². The van der Waals surface area contributed by atoms with E-state index in [-0.39, 0.29) is 11.7 Å². The largest absolute Gasteiger partial charge is 0.370 e. The summed E-state index contributed by atoms with van der Waals surface area (Å²) in [6, 6.07) is 11.7. The van der Waals surface area contributed by atoms with Crippen LogP contribution in [0.5, 0.6) is 0 Å². The quantitative estimate of drug-likeness (QED) is 0.831. The molecule has 23 heavy (non-hydrogen) atoms. The van der Waals surface area contributed by atoms with E-state index in [0.717, 1.165) is 36.1 Å². The van der Waals surface area contributed by atoms with Gasteiger partial charge in [-0.1, -0.05) is 15.9 Å². The van der Waals surface area contributed by atoms with Crippen molar-refractivity contribution < 1.29 is 9.18 Å². The minimum Gasteiger partial charge on any atom is -0.370 e. The number of benzene rings is 2. The Balaban J connectivity index is 1.84. The molecule has 3 nitrogen and oxygen atoms in total. The van der Waals surface area contributed by atoms with Gasteiger partial charge >= 0.3 is 0 Å². The predicted molar refractivity (Wildman–Crippen MR) is 94.6 cm³/mol. The molecule has 2 aromatic carbocycles. The van der Waals surface area contributed by atoms with E-state index < -0.39 is 0 Å². The lowest BCUT2D eigenvalue weighted by molar-refractivity contribution is 0.102. The molecule has 5 heteroatoms. The van der Waals surface area contributed by atoms with Gasteiger partial charge in [-0.15, -0.1) is 0 Å². The van der Waals surface area contributed by atoms with Crippen LogP contribution in [0, 0.1) is 5.82 Å². The summed E-state index contributed by atoms with van der Waals surface area (Å²) >= 11 is 3.35. The van der Waals surface area contributed by atoms with Crippen LogP contribution in [0.4, 0.5) is 15.8 Å². The molecule has 1 heterocycles. The van der Waals surface area contributed by atoms with Crippen molar-refractivity contribution in [2.24, 2.45) is 0 Å². The molecular weight excluding hydrogens is 359 g/mol. The summed E-state index contributed by atoms with van der Waals surface area (Å²) in [4.78, 5) is 14.6. The number of amides is 1. The topological polar surface area (TPSA) is 32.3 Å². The maximum Gasteiger partial charge on any atom is 0.255 e. The Morgan fingerprint density at radius 3 is 2.43 bits per heavy atom. The Labute approximate surface area is 143 Å². The number of anilines is 2. The average Bonchev–Trinajstić information content (AvgIpc) is 2.56. The number of nitrogens with zero attached hydrogens (tertiary/aromatic N) is 1. The average molecular weight is 377 g/mol. The zero-order valence-corrected chi connectivity index (χ0v) is 14.3. The summed E-state index contributed by atoms with van der Waals surface area (Å²) in [5, 5.41) is 2.85. The molecule has 0 unspecified atom stereocenters. The first-order chi connectivity index (χ1) is 11.1. The van der Waals surface area contributed by atoms with Gasteiger partial charge in [-0.05, 0) is 61.7 Å². The van der Waals surface area contributed by atoms with Crippen molar-refractivity contribution >= 4 is 33.2 Å². The number of hydrogen-bond acceptors (Lipinski definition) is 2. The molecule has 1 aliphatic rings. The molecule has 1 N–H and O–H groups in total. The van der Waals surface area contributed by atoms with Gasteiger partial charge in [0.1, 0.15) is 5.82 Å². The third-order valence-corrected chi connectivity index (χ3v) is 4.54. The fourth-order valence-corrected chi connectivity index (χ4v) is 3.08. The zero-order chi connectivity index (χ0) is 16.2. The van der Waals surface area contributed by atoms with Gasteiger partial charge in [0.25, 0.3) is 5.91 Å². The highest BCUT2D eigenvalue weighted by Crippen LogP contribution is 2.29. The van der Waals surface area contributed by atoms with Crippen LogP contribution in [0.25, 0.3) is 0 Å². The van der Waals surface area contributed by atoms with E-state index in [4.69, 9.17) is 0 Å². The summed E-state index contributed by atoms with van der Waals surface area (Å²) < 4.78 is 14.6. The van der Waals surface area contributed by atoms with Crippen molar-refractivity contribution in [1.29, 1.82) is 0 Å². The van der Waals surface area contributed by atoms with E-state index in [2.05, 4.69) is 26.1 Å². The Kier molecular flexibility index (Phi) is 4.96. The number of piperidine rings is 1. The highest BCUT2D eigenvalue weighted by Gasteiger charge is 2.17. The van der Waals surface area contributed by atoms with Crippen molar-refractivity contribution in [3.05, 3.63) is 58.3 Å². The molecule has 0 radical (unpaired) electrons. The molecular formula is C18H18BrFN2O. The molecule has 120 valence electrons. The Morgan fingerprint density at radius 1 is 1.04 bits per heavy atom. The molecule has 1 aliphatic heterocycles. The smallest absolute Gasteiger partial charge is 0.255 e. The molecule has 1 fully saturated rings. The SMILES string of the molecule is O=C(Nc1cc(F)ccc1N1CCCCC1)c1ccc(Br)cc1. The lowest BCUT2D eigenvalue weighted by atomic mass is 10.1. The summed E-state index contributed by atoms with van der Waals surface area (Å²) in [6.07, 6.45) is 3.47. The van der Waals surface area contributed by atoms with Gasteiger partial charge < -0.3 is 10.2 Å². The highest BCUT2D eigenvalue weighted by molar-refractivity contribution is 9.10. The first kappa shape index (κ1) is 16.0. The highest BCUT2D eigenvalue weighted by atomic mass is 79.9. The molecule has 0 spiro atoms. The minimum atomic E-state index is -0.350. The molecule has 0 atom stereocenters. The van der Waals surface area contributed by atoms with Crippen LogP contribution >= 0.6 is 15.9 Å². The first-order valence-electron chi connectivity index (χ1n) is 7.75. The van der Waals surface area contributed by atoms with Gasteiger partial charge in [0, 0.05) is 23.1 Å². The van der Waals surface area contributed by atoms with Crippen molar-refractivity contribution in [2.45, 2.75) is 19.3 Å². The second-order valence-electron chi connectivity index (χ2n) is 5.67. The summed E-state index contributed by atoms with van der Waals surface area (Å²) in [5.74, 6) is -0.585. The summed E-state index contributed by atoms with van der Waals surface area (Å²) in [7, 11) is 0. The molecule has 0 bridgehead atoms. The maximum absolute atomic E-state index is 13.6. The molecule has 0 saturated carbocycles. The second-order valence-corrected chi connectivity index (χ2v) is 6.59. The number of nitrogens with one attached hydrogen (secondary N) is 1. The van der Waals surface area contributed by atoms with Crippen LogP contribution in [0.15, 0.2) is 46.9 Å². The molecule has 0 aliphatic carbocycles. The van der Waals surface area contributed by atoms with E-state index >= 15 is 0 Å². The normalized spacial score (nSPS) is 14.6. The molecule has 2 aromatic rings. The maximum atomic E-state index is 13.6. The summed E-state index contributed by atoms with van der Waals surface area (Å²) in [5.41, 5.74) is 1.96. The lowest BCUT2D eigenvalue weighted by Crippen LogP contribution is -2.30. The van der Waals surface area contributed by atoms with Gasteiger partial charge in [-0.2, -0.15) is 0 Å². The predicted octanol–water partition coefficient (Wildman–Crippen LogP) is 4.83. The number of rotatable bonds is 3. The number of halogens is 2. The van der Waals surface area contributed by atoms with Crippen molar-refractivity contribution in [1.82, 2.24) is 0 Å². The van der Waals surface area contributed by atoms with Crippen LogP contribution in [-0.2, 0) is 0 Å². The minimum absolute atomic E-state index is 0.235. The number of carbonyl (C=O) groups is 1. The lowest BCUT2D eigenvalue weighted by Gasteiger charge is -2.30. The second kappa shape index (κ2) is 7.13. The Morgan fingerprint density at radius 2 is 1.74 bits per heavy atom. The monoisotopic (exact) mass is 376 g/mol. The number of carbonyl (C=O) groups excluding carboxylic acids is 1. The Bertz CT molecular complexity index is 697. The third kappa shape index (κ3) is 3.91. The van der Waals surface area contributed by atoms with Crippen molar-refractivity contribution in [2.75, 3.05) is 23.3 Å². The number of hydrogen-bond donors (Lipinski definition) is 1. The van der Waals surface area contributed by atoms with Crippen LogP contribution in [0.3, 0.4) is 0 Å². The molecule has 1 saturated heterocycles. The zero-order valence-electron chi connectivity index (χ0n) is 12.7. The first-order valence-corrected chi connectivity index (χ1v) is 8.54. The third-order valence-electron chi connectivity index (χ3n) is 4.01. The van der Waals surface area contributed by atoms with Crippen molar-refractivity contribution in [3.8, 4) is 0 Å². The van der Waals surface area contributed by atoms with Crippen LogP contribution in [0.1, 0.15) is 29.6 Å².